The van der Waals surface area contributed by atoms with E-state index in [9.17, 15) is 19.4 Å². The summed E-state index contributed by atoms with van der Waals surface area (Å²) in [5, 5.41) is 11.2. The van der Waals surface area contributed by atoms with Crippen molar-refractivity contribution < 1.29 is 28.6 Å². The number of halogens is 1. The number of carbonyl (C=O) groups is 1. The molecule has 30 heavy (non-hydrogen) atoms. The molecular weight excluding hydrogens is 437 g/mol. The summed E-state index contributed by atoms with van der Waals surface area (Å²) in [4.78, 5) is 35.9. The van der Waals surface area contributed by atoms with Gasteiger partial charge in [-0.15, -0.1) is 16.1 Å². The summed E-state index contributed by atoms with van der Waals surface area (Å²) in [6, 6.07) is 8.59. The molecule has 13 heteroatoms. The van der Waals surface area contributed by atoms with Crippen molar-refractivity contribution in [3.8, 4) is 0 Å². The first kappa shape index (κ1) is 20.7. The lowest BCUT2D eigenvalue weighted by Crippen LogP contribution is -2.32. The molecule has 3 aromatic rings. The Hall–Kier alpha value is -2.53. The molecule has 156 valence electrons. The third-order valence-corrected chi connectivity index (χ3v) is 5.43. The summed E-state index contributed by atoms with van der Waals surface area (Å²) in [7, 11) is -3.19. The Morgan fingerprint density at radius 2 is 2.10 bits per heavy atom. The number of rotatable bonds is 6. The van der Waals surface area contributed by atoms with Gasteiger partial charge in [-0.2, -0.15) is 0 Å². The number of aliphatic hydroxyl groups is 1. The van der Waals surface area contributed by atoms with Gasteiger partial charge in [-0.25, -0.2) is 15.0 Å². The van der Waals surface area contributed by atoms with E-state index in [0.717, 1.165) is 0 Å². The number of ether oxygens (including phenoxy) is 1. The number of hydrogen-bond donors (Lipinski definition) is 2. The van der Waals surface area contributed by atoms with Crippen LogP contribution in [0, 0.1) is 0 Å². The molecule has 2 aromatic heterocycles. The molecule has 0 bridgehead atoms. The fourth-order valence-corrected chi connectivity index (χ4v) is 4.12. The van der Waals surface area contributed by atoms with Crippen LogP contribution in [0.3, 0.4) is 0 Å². The van der Waals surface area contributed by atoms with Crippen molar-refractivity contribution >= 4 is 42.7 Å². The minimum atomic E-state index is -3.19. The Morgan fingerprint density at radius 1 is 1.33 bits per heavy atom. The van der Waals surface area contributed by atoms with Gasteiger partial charge in [-0.05, 0) is 16.7 Å². The molecule has 0 radical (unpaired) electrons. The maximum Gasteiger partial charge on any atom is 0.488 e. The maximum atomic E-state index is 12.4. The molecule has 1 amide bonds. The summed E-state index contributed by atoms with van der Waals surface area (Å²) in [6.45, 7) is -0.493. The highest BCUT2D eigenvalue weighted by Crippen LogP contribution is 2.39. The smallest absolute Gasteiger partial charge is 0.488 e. The number of benzene rings is 1. The molecule has 1 fully saturated rings. The monoisotopic (exact) mass is 451 g/mol. The van der Waals surface area contributed by atoms with Crippen molar-refractivity contribution in [2.75, 3.05) is 11.9 Å². The Labute approximate surface area is 175 Å². The van der Waals surface area contributed by atoms with Gasteiger partial charge in [0, 0.05) is 5.56 Å². The molecule has 1 aliphatic heterocycles. The van der Waals surface area contributed by atoms with Crippen LogP contribution in [-0.2, 0) is 13.8 Å². The molecule has 1 saturated heterocycles. The largest absolute Gasteiger partial charge is 0.566 e. The second kappa shape index (κ2) is 8.68. The summed E-state index contributed by atoms with van der Waals surface area (Å²) < 4.78 is 22.9. The van der Waals surface area contributed by atoms with Crippen LogP contribution in [0.2, 0.25) is 0 Å². The van der Waals surface area contributed by atoms with Crippen LogP contribution in [0.4, 0.5) is 5.82 Å². The van der Waals surface area contributed by atoms with Gasteiger partial charge in [0.05, 0.1) is 12.9 Å². The predicted molar refractivity (Wildman–Crippen MR) is 103 cm³/mol. The first-order valence-electron chi connectivity index (χ1n) is 8.75. The Morgan fingerprint density at radius 3 is 2.80 bits per heavy atom. The predicted octanol–water partition coefficient (Wildman–Crippen LogP) is 0.979. The zero-order chi connectivity index (χ0) is 21.3. The molecule has 4 rings (SSSR count). The molecule has 0 aliphatic carbocycles. The van der Waals surface area contributed by atoms with E-state index >= 15 is 0 Å². The van der Waals surface area contributed by atoms with E-state index in [1.807, 2.05) is 0 Å². The van der Waals surface area contributed by atoms with E-state index in [-0.39, 0.29) is 17.2 Å². The van der Waals surface area contributed by atoms with E-state index in [2.05, 4.69) is 20.3 Å². The van der Waals surface area contributed by atoms with Gasteiger partial charge in [-0.3, -0.25) is 9.36 Å². The van der Waals surface area contributed by atoms with Gasteiger partial charge in [-0.1, -0.05) is 18.2 Å². The fourth-order valence-electron chi connectivity index (χ4n) is 3.19. The van der Waals surface area contributed by atoms with Crippen LogP contribution in [0.25, 0.3) is 11.2 Å². The molecule has 1 unspecified atom stereocenters. The van der Waals surface area contributed by atoms with Crippen molar-refractivity contribution in [3.63, 3.8) is 0 Å². The highest BCUT2D eigenvalue weighted by atomic mass is 35.5. The second-order valence-electron chi connectivity index (χ2n) is 6.35. The number of alkyl halides is 1. The second-order valence-corrected chi connectivity index (χ2v) is 7.51. The lowest BCUT2D eigenvalue weighted by molar-refractivity contribution is -0.191. The fraction of sp³-hybridized carbons (Fsp3) is 0.294. The number of amides is 1. The lowest BCUT2D eigenvalue weighted by atomic mass is 10.2. The van der Waals surface area contributed by atoms with Gasteiger partial charge < -0.3 is 20.1 Å². The molecule has 0 spiro atoms. The van der Waals surface area contributed by atoms with Gasteiger partial charge >= 0.3 is 8.25 Å². The highest BCUT2D eigenvalue weighted by molar-refractivity contribution is 7.30. The number of nitrogens with zero attached hydrogens (tertiary/aromatic N) is 4. The van der Waals surface area contributed by atoms with E-state index in [4.69, 9.17) is 20.9 Å². The third-order valence-electron chi connectivity index (χ3n) is 4.56. The summed E-state index contributed by atoms with van der Waals surface area (Å²) in [6.07, 6.45) is -0.334. The normalized spacial score (nSPS) is 24.2. The number of anilines is 1. The van der Waals surface area contributed by atoms with Crippen LogP contribution >= 0.6 is 19.9 Å². The minimum Gasteiger partial charge on any atom is -0.566 e. The van der Waals surface area contributed by atoms with E-state index < -0.39 is 38.7 Å². The van der Waals surface area contributed by atoms with Crippen LogP contribution in [0.5, 0.6) is 0 Å². The zero-order valence-electron chi connectivity index (χ0n) is 15.2. The van der Waals surface area contributed by atoms with Crippen LogP contribution in [0.15, 0.2) is 43.0 Å². The summed E-state index contributed by atoms with van der Waals surface area (Å²) >= 11 is 6.37. The van der Waals surface area contributed by atoms with Gasteiger partial charge in [0.25, 0.3) is 5.91 Å². The number of hydrogen-bond acceptors (Lipinski definition) is 9. The molecule has 5 atom stereocenters. The maximum absolute atomic E-state index is 12.4. The van der Waals surface area contributed by atoms with E-state index in [1.54, 1.807) is 30.3 Å². The Bertz CT molecular complexity index is 1080. The molecule has 2 N–H and O–H groups in total. The van der Waals surface area contributed by atoms with Crippen LogP contribution in [-0.4, -0.2) is 54.7 Å². The highest BCUT2D eigenvalue weighted by Gasteiger charge is 2.48. The number of aliphatic hydroxyl groups excluding tert-OH is 1. The molecular formula is C17H15ClN5O6P. The average Bonchev–Trinajstić information content (AvgIpc) is 3.30. The van der Waals surface area contributed by atoms with Crippen LogP contribution in [0.1, 0.15) is 16.6 Å². The number of imidazole rings is 1. The quantitative estimate of drug-likeness (QED) is 0.412. The van der Waals surface area contributed by atoms with Crippen molar-refractivity contribution in [2.24, 2.45) is 0 Å². The average molecular weight is 452 g/mol. The Kier molecular flexibility index (Phi) is 6.00. The zero-order valence-corrected chi connectivity index (χ0v) is 16.8. The molecule has 3 heterocycles. The lowest BCUT2D eigenvalue weighted by Gasteiger charge is -2.16. The summed E-state index contributed by atoms with van der Waals surface area (Å²) in [5.74, 6) is -0.184. The number of fused-ring (bicyclic) bond motifs is 1. The SMILES string of the molecule is O=C(Nc1ncnc2c1ncn2[C@@H]1O[C@H](CO)[C@@H](O[P+](=O)[O-])[C@H]1Cl)c1ccccc1. The van der Waals surface area contributed by atoms with Crippen molar-refractivity contribution in [3.05, 3.63) is 48.5 Å². The summed E-state index contributed by atoms with van der Waals surface area (Å²) in [5.41, 5.74) is 1.03. The van der Waals surface area contributed by atoms with E-state index in [0.29, 0.717) is 11.2 Å². The Balaban J connectivity index is 1.63. The van der Waals surface area contributed by atoms with Crippen molar-refractivity contribution in [1.29, 1.82) is 0 Å². The van der Waals surface area contributed by atoms with Crippen molar-refractivity contribution in [1.82, 2.24) is 19.5 Å². The number of nitrogens with one attached hydrogen (secondary N) is 1. The number of carbonyl (C=O) groups excluding carboxylic acids is 1. The standard InChI is InChI=1S/C17H15ClN5O6P/c18-11-13(29-30(26)27)10(6-24)28-17(11)23-8-21-12-14(19-7-20-15(12)23)22-16(25)9-4-2-1-3-5-9/h1-5,7-8,10-11,13,17,24H,6H2,(H,19,20,22,25)/t10-,11-,13-,17-/m1/s1. The first-order chi connectivity index (χ1) is 14.5. The van der Waals surface area contributed by atoms with Crippen molar-refractivity contribution in [2.45, 2.75) is 23.8 Å². The minimum absolute atomic E-state index is 0.186. The molecule has 11 nitrogen and oxygen atoms in total. The molecule has 1 aromatic carbocycles. The van der Waals surface area contributed by atoms with E-state index in [1.165, 1.54) is 17.2 Å². The topological polar surface area (TPSA) is 152 Å². The van der Waals surface area contributed by atoms with Gasteiger partial charge in [0.15, 0.2) is 29.3 Å². The first-order valence-corrected chi connectivity index (χ1v) is 10.3. The molecule has 0 saturated carbocycles. The van der Waals surface area contributed by atoms with Crippen LogP contribution < -0.4 is 10.2 Å². The van der Waals surface area contributed by atoms with Gasteiger partial charge in [0.2, 0.25) is 0 Å². The third kappa shape index (κ3) is 3.91. The number of aromatic nitrogens is 4. The van der Waals surface area contributed by atoms with Gasteiger partial charge in [0.1, 0.15) is 17.8 Å². The molecule has 1 aliphatic rings.